The van der Waals surface area contributed by atoms with Crippen molar-refractivity contribution in [1.82, 2.24) is 4.98 Å². The van der Waals surface area contributed by atoms with Gasteiger partial charge in [-0.25, -0.2) is 0 Å². The summed E-state index contributed by atoms with van der Waals surface area (Å²) in [6.45, 7) is 0. The third-order valence-corrected chi connectivity index (χ3v) is 4.87. The zero-order valence-corrected chi connectivity index (χ0v) is 9.84. The molecule has 0 saturated carbocycles. The Balaban J connectivity index is 2.59. The molecule has 1 aromatic heterocycles. The third-order valence-electron chi connectivity index (χ3n) is 1.34. The van der Waals surface area contributed by atoms with Gasteiger partial charge in [-0.15, -0.1) is 0 Å². The first-order valence-corrected chi connectivity index (χ1v) is 12.6. The van der Waals surface area contributed by atoms with Crippen LogP contribution in [0.2, 0.25) is 9.88 Å². The summed E-state index contributed by atoms with van der Waals surface area (Å²) in [4.78, 5) is 9.10. The van der Waals surface area contributed by atoms with Crippen LogP contribution in [0, 0.1) is 0 Å². The van der Waals surface area contributed by atoms with Crippen molar-refractivity contribution < 1.29 is 0 Å². The van der Waals surface area contributed by atoms with E-state index in [2.05, 4.69) is 27.0 Å². The fourth-order valence-electron chi connectivity index (χ4n) is 0.937. The van der Waals surface area contributed by atoms with Gasteiger partial charge in [0.2, 0.25) is 0 Å². The van der Waals surface area contributed by atoms with Gasteiger partial charge in [-0.3, -0.25) is 0 Å². The Hall–Kier alpha value is -0.0513. The molecule has 0 aliphatic carbocycles. The van der Waals surface area contributed by atoms with E-state index in [1.165, 1.54) is 10.1 Å². The van der Waals surface area contributed by atoms with E-state index in [-0.39, 0.29) is 0 Å². The molecule has 0 fully saturated rings. The van der Waals surface area contributed by atoms with Crippen LogP contribution < -0.4 is 0 Å². The summed E-state index contributed by atoms with van der Waals surface area (Å²) in [5, 5.41) is 0. The molecule has 0 N–H and O–H groups in total. The van der Waals surface area contributed by atoms with Crippen molar-refractivity contribution in [3.8, 4) is 0 Å². The summed E-state index contributed by atoms with van der Waals surface area (Å²) >= 11 is -1.06. The average Bonchev–Trinajstić information content (AvgIpc) is 1.88. The Kier molecular flexibility index (Phi) is 3.19. The van der Waals surface area contributed by atoms with Crippen molar-refractivity contribution in [3.05, 3.63) is 30.1 Å². The topological polar surface area (TPSA) is 12.9 Å². The normalized spacial score (nSPS) is 10.3. The molecule has 2 heteroatoms. The number of pyridine rings is 1. The van der Waals surface area contributed by atoms with E-state index in [0.717, 1.165) is 0 Å². The molecule has 1 aromatic rings. The monoisotopic (exact) mass is 243 g/mol. The van der Waals surface area contributed by atoms with E-state index in [1.807, 2.05) is 12.3 Å². The number of rotatable bonds is 2. The van der Waals surface area contributed by atoms with Crippen molar-refractivity contribution in [3.63, 3.8) is 0 Å². The molecule has 1 heterocycles. The minimum absolute atomic E-state index is 1.06. The van der Waals surface area contributed by atoms with Crippen LogP contribution in [0.4, 0.5) is 0 Å². The summed E-state index contributed by atoms with van der Waals surface area (Å²) in [5.74, 6) is 0. The van der Waals surface area contributed by atoms with Gasteiger partial charge in [0.05, 0.1) is 0 Å². The zero-order chi connectivity index (χ0) is 7.40. The van der Waals surface area contributed by atoms with Crippen LogP contribution in [-0.4, -0.2) is 24.7 Å². The van der Waals surface area contributed by atoms with Gasteiger partial charge in [-0.2, -0.15) is 0 Å². The first-order chi connectivity index (χ1) is 4.79. The number of nitrogens with zero attached hydrogens (tertiary/aromatic N) is 1. The Labute approximate surface area is 69.2 Å². The van der Waals surface area contributed by atoms with E-state index in [4.69, 9.17) is 0 Å². The van der Waals surface area contributed by atoms with Gasteiger partial charge in [0, 0.05) is 0 Å². The molecule has 10 heavy (non-hydrogen) atoms. The second-order valence-electron chi connectivity index (χ2n) is 2.92. The molecule has 54 valence electrons. The van der Waals surface area contributed by atoms with E-state index in [0.29, 0.717) is 0 Å². The molecule has 0 amide bonds. The first kappa shape index (κ1) is 8.05. The Bertz CT molecular complexity index is 184. The maximum atomic E-state index is 4.27. The molecular formula is C8H13NSn. The van der Waals surface area contributed by atoms with E-state index >= 15 is 0 Å². The number of hydrogen-bond acceptors (Lipinski definition) is 1. The predicted octanol–water partition coefficient (Wildman–Crippen LogP) is 1.65. The summed E-state index contributed by atoms with van der Waals surface area (Å²) in [6.07, 6.45) is 1.88. The molecule has 0 spiro atoms. The SMILES string of the molecule is [CH3][SnH]([CH3])[CH2]c1ccccn1. The van der Waals surface area contributed by atoms with Gasteiger partial charge in [0.15, 0.2) is 0 Å². The summed E-state index contributed by atoms with van der Waals surface area (Å²) in [7, 11) is 0. The second kappa shape index (κ2) is 3.96. The van der Waals surface area contributed by atoms with Crippen molar-refractivity contribution in [2.24, 2.45) is 0 Å². The van der Waals surface area contributed by atoms with Gasteiger partial charge < -0.3 is 0 Å². The summed E-state index contributed by atoms with van der Waals surface area (Å²) < 4.78 is 1.29. The molecule has 0 aromatic carbocycles. The van der Waals surface area contributed by atoms with Crippen molar-refractivity contribution in [1.29, 1.82) is 0 Å². The predicted molar refractivity (Wildman–Crippen MR) is 46.8 cm³/mol. The average molecular weight is 242 g/mol. The van der Waals surface area contributed by atoms with Crippen molar-refractivity contribution in [2.75, 3.05) is 0 Å². The van der Waals surface area contributed by atoms with Crippen LogP contribution in [0.3, 0.4) is 0 Å². The maximum absolute atomic E-state index is 4.27. The summed E-state index contributed by atoms with van der Waals surface area (Å²) in [5.41, 5.74) is 1.29. The van der Waals surface area contributed by atoms with Gasteiger partial charge in [-0.1, -0.05) is 0 Å². The number of hydrogen-bond donors (Lipinski definition) is 0. The molecule has 1 rings (SSSR count). The fraction of sp³-hybridized carbons (Fsp3) is 0.375. The van der Waals surface area contributed by atoms with Crippen LogP contribution in [0.1, 0.15) is 5.69 Å². The zero-order valence-electron chi connectivity index (χ0n) is 6.54. The molecule has 0 atom stereocenters. The van der Waals surface area contributed by atoms with Gasteiger partial charge >= 0.3 is 69.1 Å². The quantitative estimate of drug-likeness (QED) is 0.718. The van der Waals surface area contributed by atoms with Crippen molar-refractivity contribution in [2.45, 2.75) is 14.3 Å². The van der Waals surface area contributed by atoms with Crippen LogP contribution in [0.25, 0.3) is 0 Å². The van der Waals surface area contributed by atoms with Crippen LogP contribution in [-0.2, 0) is 4.44 Å². The standard InChI is InChI=1S/C6H6N.2CH3.Sn.H/c1-6-4-2-3-5-7-6;;;;/h2-5H,1H2;2*1H3;;. The Morgan fingerprint density at radius 1 is 1.40 bits per heavy atom. The van der Waals surface area contributed by atoms with E-state index < -0.39 is 19.8 Å². The second-order valence-corrected chi connectivity index (χ2v) is 12.0. The third kappa shape index (κ3) is 2.69. The molecule has 0 bridgehead atoms. The molecule has 0 unspecified atom stereocenters. The van der Waals surface area contributed by atoms with E-state index in [9.17, 15) is 0 Å². The Morgan fingerprint density at radius 2 is 2.20 bits per heavy atom. The summed E-state index contributed by atoms with van der Waals surface area (Å²) in [6, 6.07) is 6.16. The minimum atomic E-state index is -1.06. The molecule has 0 saturated heterocycles. The number of aromatic nitrogens is 1. The first-order valence-electron chi connectivity index (χ1n) is 3.69. The van der Waals surface area contributed by atoms with Crippen molar-refractivity contribution >= 4 is 19.8 Å². The van der Waals surface area contributed by atoms with Gasteiger partial charge in [-0.05, 0) is 0 Å². The Morgan fingerprint density at radius 3 is 2.70 bits per heavy atom. The van der Waals surface area contributed by atoms with Gasteiger partial charge in [0.25, 0.3) is 0 Å². The van der Waals surface area contributed by atoms with Gasteiger partial charge in [0.1, 0.15) is 0 Å². The molecule has 0 aliphatic rings. The fourth-order valence-corrected chi connectivity index (χ4v) is 4.01. The van der Waals surface area contributed by atoms with Crippen LogP contribution >= 0.6 is 0 Å². The van der Waals surface area contributed by atoms with Crippen LogP contribution in [0.5, 0.6) is 0 Å². The molecule has 0 aliphatic heterocycles. The molecule has 0 radical (unpaired) electrons. The molecular weight excluding hydrogens is 229 g/mol. The van der Waals surface area contributed by atoms with Crippen LogP contribution in [0.15, 0.2) is 24.4 Å². The van der Waals surface area contributed by atoms with E-state index in [1.54, 1.807) is 0 Å². The molecule has 1 nitrogen and oxygen atoms in total.